The van der Waals surface area contributed by atoms with Crippen LogP contribution in [0.4, 0.5) is 5.69 Å². The highest BCUT2D eigenvalue weighted by molar-refractivity contribution is 5.96. The van der Waals surface area contributed by atoms with E-state index in [-0.39, 0.29) is 11.0 Å². The fraction of sp³-hybridized carbons (Fsp3) is 0.214. The summed E-state index contributed by atoms with van der Waals surface area (Å²) >= 11 is 0. The Kier molecular flexibility index (Phi) is 6.12. The lowest BCUT2D eigenvalue weighted by molar-refractivity contribution is -0.155. The van der Waals surface area contributed by atoms with Gasteiger partial charge in [-0.05, 0) is 17.7 Å². The SMILES string of the molecule is CCC(=O)Nc1ccccc1/C=C/C(=O)N(O)C[C]=O. The van der Waals surface area contributed by atoms with Gasteiger partial charge in [0.1, 0.15) is 6.54 Å². The monoisotopic (exact) mass is 275 g/mol. The topological polar surface area (TPSA) is 86.7 Å². The minimum absolute atomic E-state index is 0.142. The number of rotatable bonds is 6. The van der Waals surface area contributed by atoms with Crippen molar-refractivity contribution in [1.82, 2.24) is 5.06 Å². The van der Waals surface area contributed by atoms with Crippen LogP contribution in [0.3, 0.4) is 0 Å². The molecule has 0 saturated carbocycles. The van der Waals surface area contributed by atoms with Gasteiger partial charge < -0.3 is 5.32 Å². The lowest BCUT2D eigenvalue weighted by Gasteiger charge is -2.09. The molecule has 0 aliphatic rings. The number of hydroxylamine groups is 2. The summed E-state index contributed by atoms with van der Waals surface area (Å²) < 4.78 is 0. The number of hydrogen-bond acceptors (Lipinski definition) is 4. The third-order valence-corrected chi connectivity index (χ3v) is 2.43. The summed E-state index contributed by atoms with van der Waals surface area (Å²) in [5.74, 6) is -0.888. The van der Waals surface area contributed by atoms with Crippen LogP contribution in [0.1, 0.15) is 18.9 Å². The number of benzene rings is 1. The third kappa shape index (κ3) is 4.66. The summed E-state index contributed by atoms with van der Waals surface area (Å²) in [6, 6.07) is 6.92. The molecular formula is C14H15N2O4. The molecule has 0 aromatic heterocycles. The van der Waals surface area contributed by atoms with Crippen LogP contribution in [0.5, 0.6) is 0 Å². The van der Waals surface area contributed by atoms with Crippen molar-refractivity contribution in [2.24, 2.45) is 0 Å². The highest BCUT2D eigenvalue weighted by atomic mass is 16.5. The third-order valence-electron chi connectivity index (χ3n) is 2.43. The van der Waals surface area contributed by atoms with Gasteiger partial charge in [0, 0.05) is 18.2 Å². The Morgan fingerprint density at radius 3 is 2.75 bits per heavy atom. The summed E-state index contributed by atoms with van der Waals surface area (Å²) in [4.78, 5) is 32.8. The van der Waals surface area contributed by atoms with Crippen LogP contribution in [0.25, 0.3) is 6.08 Å². The van der Waals surface area contributed by atoms with Crippen molar-refractivity contribution in [3.63, 3.8) is 0 Å². The predicted molar refractivity (Wildman–Crippen MR) is 73.6 cm³/mol. The average molecular weight is 275 g/mol. The van der Waals surface area contributed by atoms with Crippen molar-refractivity contribution in [3.8, 4) is 0 Å². The van der Waals surface area contributed by atoms with Gasteiger partial charge in [-0.3, -0.25) is 19.6 Å². The molecule has 0 unspecified atom stereocenters. The second kappa shape index (κ2) is 7.85. The van der Waals surface area contributed by atoms with Crippen LogP contribution >= 0.6 is 0 Å². The second-order valence-corrected chi connectivity index (χ2v) is 3.86. The van der Waals surface area contributed by atoms with Gasteiger partial charge in [0.25, 0.3) is 5.91 Å². The van der Waals surface area contributed by atoms with E-state index in [0.717, 1.165) is 6.08 Å². The maximum Gasteiger partial charge on any atom is 0.270 e. The van der Waals surface area contributed by atoms with Crippen molar-refractivity contribution in [2.45, 2.75) is 13.3 Å². The molecule has 0 atom stereocenters. The molecule has 1 rings (SSSR count). The van der Waals surface area contributed by atoms with Gasteiger partial charge in [-0.2, -0.15) is 0 Å². The van der Waals surface area contributed by atoms with E-state index in [9.17, 15) is 14.4 Å². The normalized spacial score (nSPS) is 10.3. The molecule has 2 amide bonds. The smallest absolute Gasteiger partial charge is 0.270 e. The van der Waals surface area contributed by atoms with Crippen molar-refractivity contribution in [2.75, 3.05) is 11.9 Å². The molecule has 105 valence electrons. The Hall–Kier alpha value is -2.47. The number of nitrogens with one attached hydrogen (secondary N) is 1. The van der Waals surface area contributed by atoms with Gasteiger partial charge in [-0.15, -0.1) is 0 Å². The maximum atomic E-state index is 11.4. The first-order valence-electron chi connectivity index (χ1n) is 6.00. The van der Waals surface area contributed by atoms with Crippen molar-refractivity contribution < 1.29 is 19.6 Å². The molecule has 2 N–H and O–H groups in total. The molecule has 6 heteroatoms. The van der Waals surface area contributed by atoms with E-state index in [1.54, 1.807) is 31.2 Å². The van der Waals surface area contributed by atoms with Gasteiger partial charge in [0.05, 0.1) is 0 Å². The first-order chi connectivity index (χ1) is 9.58. The number of anilines is 1. The van der Waals surface area contributed by atoms with Crippen molar-refractivity contribution in [3.05, 3.63) is 35.9 Å². The van der Waals surface area contributed by atoms with E-state index >= 15 is 0 Å². The maximum absolute atomic E-state index is 11.4. The predicted octanol–water partition coefficient (Wildman–Crippen LogP) is 1.38. The molecule has 20 heavy (non-hydrogen) atoms. The average Bonchev–Trinajstić information content (AvgIpc) is 2.46. The van der Waals surface area contributed by atoms with Gasteiger partial charge >= 0.3 is 0 Å². The Balaban J connectivity index is 2.84. The Labute approximate surface area is 116 Å². The molecule has 6 nitrogen and oxygen atoms in total. The molecule has 1 aromatic rings. The molecule has 0 aliphatic carbocycles. The van der Waals surface area contributed by atoms with Gasteiger partial charge in [0.2, 0.25) is 12.2 Å². The van der Waals surface area contributed by atoms with Crippen LogP contribution in [-0.2, 0) is 14.4 Å². The van der Waals surface area contributed by atoms with E-state index in [1.807, 2.05) is 0 Å². The molecule has 0 aliphatic heterocycles. The second-order valence-electron chi connectivity index (χ2n) is 3.86. The molecule has 0 bridgehead atoms. The number of carbonyl (C=O) groups excluding carboxylic acids is 3. The molecule has 0 saturated heterocycles. The Morgan fingerprint density at radius 1 is 1.40 bits per heavy atom. The Morgan fingerprint density at radius 2 is 2.10 bits per heavy atom. The van der Waals surface area contributed by atoms with Gasteiger partial charge in [-0.1, -0.05) is 25.1 Å². The zero-order valence-electron chi connectivity index (χ0n) is 11.0. The highest BCUT2D eigenvalue weighted by Gasteiger charge is 2.07. The summed E-state index contributed by atoms with van der Waals surface area (Å²) in [5.41, 5.74) is 1.18. The van der Waals surface area contributed by atoms with Crippen molar-refractivity contribution in [1.29, 1.82) is 0 Å². The largest absolute Gasteiger partial charge is 0.326 e. The summed E-state index contributed by atoms with van der Waals surface area (Å²) in [5, 5.41) is 12.1. The van der Waals surface area contributed by atoms with Crippen LogP contribution in [-0.4, -0.2) is 34.9 Å². The number of carbonyl (C=O) groups is 2. The van der Waals surface area contributed by atoms with E-state index in [2.05, 4.69) is 5.32 Å². The fourth-order valence-electron chi connectivity index (χ4n) is 1.38. The lowest BCUT2D eigenvalue weighted by Crippen LogP contribution is -2.27. The highest BCUT2D eigenvalue weighted by Crippen LogP contribution is 2.17. The summed E-state index contributed by atoms with van der Waals surface area (Å²) in [6.07, 6.45) is 4.30. The van der Waals surface area contributed by atoms with Crippen LogP contribution in [0, 0.1) is 0 Å². The van der Waals surface area contributed by atoms with E-state index in [0.29, 0.717) is 17.7 Å². The zero-order chi connectivity index (χ0) is 15.0. The summed E-state index contributed by atoms with van der Waals surface area (Å²) in [7, 11) is 0. The molecular weight excluding hydrogens is 260 g/mol. The van der Waals surface area contributed by atoms with Gasteiger partial charge in [-0.25, -0.2) is 5.06 Å². The molecule has 1 aromatic carbocycles. The number of para-hydroxylation sites is 1. The minimum Gasteiger partial charge on any atom is -0.326 e. The fourth-order valence-corrected chi connectivity index (χ4v) is 1.38. The van der Waals surface area contributed by atoms with E-state index in [1.165, 1.54) is 12.4 Å². The standard InChI is InChI=1S/C14H15N2O4/c1-2-13(18)15-12-6-4-3-5-11(12)7-8-14(19)16(20)9-10-17/h3-8,20H,2,9H2,1H3,(H,15,18)/b8-7+. The molecule has 1 radical (unpaired) electrons. The first-order valence-corrected chi connectivity index (χ1v) is 6.00. The van der Waals surface area contributed by atoms with E-state index in [4.69, 9.17) is 5.21 Å². The van der Waals surface area contributed by atoms with Crippen LogP contribution in [0.15, 0.2) is 30.3 Å². The van der Waals surface area contributed by atoms with Crippen LogP contribution in [0.2, 0.25) is 0 Å². The molecule has 0 spiro atoms. The van der Waals surface area contributed by atoms with Crippen LogP contribution < -0.4 is 5.32 Å². The first kappa shape index (κ1) is 15.6. The molecule has 0 heterocycles. The Bertz CT molecular complexity index is 526. The quantitative estimate of drug-likeness (QED) is 0.466. The number of hydrogen-bond donors (Lipinski definition) is 2. The minimum atomic E-state index is -0.745. The van der Waals surface area contributed by atoms with Gasteiger partial charge in [0.15, 0.2) is 0 Å². The number of nitrogens with zero attached hydrogens (tertiary/aromatic N) is 1. The zero-order valence-corrected chi connectivity index (χ0v) is 11.0. The lowest BCUT2D eigenvalue weighted by atomic mass is 10.1. The van der Waals surface area contributed by atoms with Crippen molar-refractivity contribution >= 4 is 29.9 Å². The number of amides is 2. The molecule has 0 fully saturated rings. The van der Waals surface area contributed by atoms with E-state index < -0.39 is 12.5 Å². The summed E-state index contributed by atoms with van der Waals surface area (Å²) in [6.45, 7) is 1.22.